The van der Waals surface area contributed by atoms with E-state index in [1.54, 1.807) is 6.07 Å². The number of benzene rings is 1. The number of ether oxygens (including phenoxy) is 1. The minimum absolute atomic E-state index is 0.0783. The van der Waals surface area contributed by atoms with Gasteiger partial charge in [0, 0.05) is 18.0 Å². The van der Waals surface area contributed by atoms with Crippen molar-refractivity contribution in [2.75, 3.05) is 7.11 Å². The maximum Gasteiger partial charge on any atom is 0.336 e. The largest absolute Gasteiger partial charge is 0.494 e. The van der Waals surface area contributed by atoms with Crippen LogP contribution in [0.3, 0.4) is 0 Å². The minimum atomic E-state index is -1.08. The summed E-state index contributed by atoms with van der Waals surface area (Å²) < 4.78 is 18.4. The second-order valence-electron chi connectivity index (χ2n) is 3.58. The molecule has 0 aliphatic rings. The molecule has 0 amide bonds. The fourth-order valence-electron chi connectivity index (χ4n) is 1.64. The summed E-state index contributed by atoms with van der Waals surface area (Å²) in [5, 5.41) is 9.05. The number of hydrogen-bond donors (Lipinski definition) is 1. The molecule has 18 heavy (non-hydrogen) atoms. The number of carboxylic acids is 1. The lowest BCUT2D eigenvalue weighted by atomic mass is 10.0. The third-order valence-corrected chi connectivity index (χ3v) is 2.51. The Hall–Kier alpha value is -2.43. The first-order valence-electron chi connectivity index (χ1n) is 5.14. The van der Waals surface area contributed by atoms with E-state index in [2.05, 4.69) is 4.98 Å². The molecule has 1 aromatic heterocycles. The van der Waals surface area contributed by atoms with E-state index in [9.17, 15) is 9.18 Å². The normalized spacial score (nSPS) is 10.1. The van der Waals surface area contributed by atoms with E-state index in [0.29, 0.717) is 11.1 Å². The fourth-order valence-corrected chi connectivity index (χ4v) is 1.64. The van der Waals surface area contributed by atoms with Crippen LogP contribution in [-0.4, -0.2) is 23.2 Å². The predicted octanol–water partition coefficient (Wildman–Crippen LogP) is 2.59. The smallest absolute Gasteiger partial charge is 0.336 e. The molecular formula is C13H10FNO3. The average Bonchev–Trinajstić information content (AvgIpc) is 2.38. The highest BCUT2D eigenvalue weighted by Gasteiger charge is 2.13. The van der Waals surface area contributed by atoms with Crippen LogP contribution in [0.5, 0.6) is 5.75 Å². The SMILES string of the molecule is COc1ccc(-c2cnccc2C(=O)O)cc1F. The Bertz CT molecular complexity index is 599. The summed E-state index contributed by atoms with van der Waals surface area (Å²) in [4.78, 5) is 14.9. The Kier molecular flexibility index (Phi) is 3.23. The van der Waals surface area contributed by atoms with E-state index in [0.717, 1.165) is 0 Å². The second-order valence-corrected chi connectivity index (χ2v) is 3.58. The number of nitrogens with zero attached hydrogens (tertiary/aromatic N) is 1. The molecule has 4 nitrogen and oxygen atoms in total. The molecular weight excluding hydrogens is 237 g/mol. The van der Waals surface area contributed by atoms with Crippen molar-refractivity contribution >= 4 is 5.97 Å². The van der Waals surface area contributed by atoms with Crippen LogP contribution in [0.2, 0.25) is 0 Å². The van der Waals surface area contributed by atoms with Crippen LogP contribution in [0, 0.1) is 5.82 Å². The van der Waals surface area contributed by atoms with Crippen molar-refractivity contribution < 1.29 is 19.0 Å². The lowest BCUT2D eigenvalue weighted by Gasteiger charge is -2.07. The van der Waals surface area contributed by atoms with Gasteiger partial charge in [-0.15, -0.1) is 0 Å². The van der Waals surface area contributed by atoms with Crippen molar-refractivity contribution in [1.29, 1.82) is 0 Å². The molecule has 0 aliphatic carbocycles. The van der Waals surface area contributed by atoms with Gasteiger partial charge in [-0.3, -0.25) is 4.98 Å². The minimum Gasteiger partial charge on any atom is -0.494 e. The van der Waals surface area contributed by atoms with Crippen LogP contribution in [0.1, 0.15) is 10.4 Å². The molecule has 0 saturated carbocycles. The number of aromatic carboxylic acids is 1. The summed E-state index contributed by atoms with van der Waals surface area (Å²) in [6.07, 6.45) is 2.78. The fraction of sp³-hybridized carbons (Fsp3) is 0.0769. The number of carboxylic acid groups (broad SMARTS) is 1. The quantitative estimate of drug-likeness (QED) is 0.905. The third kappa shape index (κ3) is 2.15. The number of rotatable bonds is 3. The van der Waals surface area contributed by atoms with Crippen LogP contribution in [-0.2, 0) is 0 Å². The zero-order valence-corrected chi connectivity index (χ0v) is 9.55. The van der Waals surface area contributed by atoms with Crippen LogP contribution in [0.4, 0.5) is 4.39 Å². The number of pyridine rings is 1. The highest BCUT2D eigenvalue weighted by atomic mass is 19.1. The van der Waals surface area contributed by atoms with Crippen molar-refractivity contribution in [3.63, 3.8) is 0 Å². The van der Waals surface area contributed by atoms with Crippen LogP contribution < -0.4 is 4.74 Å². The van der Waals surface area contributed by atoms with Gasteiger partial charge in [0.05, 0.1) is 12.7 Å². The molecule has 1 heterocycles. The van der Waals surface area contributed by atoms with E-state index < -0.39 is 11.8 Å². The number of methoxy groups -OCH3 is 1. The van der Waals surface area contributed by atoms with Crippen molar-refractivity contribution in [2.24, 2.45) is 0 Å². The topological polar surface area (TPSA) is 59.4 Å². The van der Waals surface area contributed by atoms with Gasteiger partial charge in [0.2, 0.25) is 0 Å². The molecule has 2 aromatic rings. The van der Waals surface area contributed by atoms with E-state index >= 15 is 0 Å². The first-order valence-corrected chi connectivity index (χ1v) is 5.14. The summed E-state index contributed by atoms with van der Waals surface area (Å²) >= 11 is 0. The van der Waals surface area contributed by atoms with Gasteiger partial charge in [0.1, 0.15) is 0 Å². The maximum absolute atomic E-state index is 13.6. The summed E-state index contributed by atoms with van der Waals surface area (Å²) in [7, 11) is 1.37. The highest BCUT2D eigenvalue weighted by molar-refractivity contribution is 5.95. The Morgan fingerprint density at radius 3 is 2.78 bits per heavy atom. The predicted molar refractivity (Wildman–Crippen MR) is 63.1 cm³/mol. The van der Waals surface area contributed by atoms with Crippen molar-refractivity contribution in [3.05, 3.63) is 48.0 Å². The van der Waals surface area contributed by atoms with E-state index in [4.69, 9.17) is 9.84 Å². The van der Waals surface area contributed by atoms with Gasteiger partial charge in [-0.05, 0) is 23.8 Å². The molecule has 0 atom stereocenters. The Balaban J connectivity index is 2.55. The Morgan fingerprint density at radius 2 is 2.17 bits per heavy atom. The molecule has 5 heteroatoms. The van der Waals surface area contributed by atoms with Gasteiger partial charge in [-0.1, -0.05) is 6.07 Å². The molecule has 92 valence electrons. The lowest BCUT2D eigenvalue weighted by Crippen LogP contribution is -2.00. The van der Waals surface area contributed by atoms with E-state index in [1.807, 2.05) is 0 Å². The number of aromatic nitrogens is 1. The van der Waals surface area contributed by atoms with E-state index in [-0.39, 0.29) is 11.3 Å². The lowest BCUT2D eigenvalue weighted by molar-refractivity contribution is 0.0697. The van der Waals surface area contributed by atoms with Crippen molar-refractivity contribution in [1.82, 2.24) is 4.98 Å². The molecule has 0 spiro atoms. The summed E-state index contributed by atoms with van der Waals surface area (Å²) in [5.41, 5.74) is 0.889. The van der Waals surface area contributed by atoms with Gasteiger partial charge < -0.3 is 9.84 Å². The number of hydrogen-bond acceptors (Lipinski definition) is 3. The zero-order chi connectivity index (χ0) is 13.1. The molecule has 0 unspecified atom stereocenters. The van der Waals surface area contributed by atoms with Gasteiger partial charge in [0.25, 0.3) is 0 Å². The van der Waals surface area contributed by atoms with Gasteiger partial charge in [-0.2, -0.15) is 0 Å². The maximum atomic E-state index is 13.6. The zero-order valence-electron chi connectivity index (χ0n) is 9.55. The highest BCUT2D eigenvalue weighted by Crippen LogP contribution is 2.27. The molecule has 0 fully saturated rings. The first-order chi connectivity index (χ1) is 8.63. The van der Waals surface area contributed by atoms with Gasteiger partial charge >= 0.3 is 5.97 Å². The molecule has 1 N–H and O–H groups in total. The summed E-state index contributed by atoms with van der Waals surface area (Å²) in [6.45, 7) is 0. The summed E-state index contributed by atoms with van der Waals surface area (Å²) in [5.74, 6) is -1.52. The molecule has 0 aliphatic heterocycles. The Labute approximate surface area is 103 Å². The number of carbonyl (C=O) groups is 1. The standard InChI is InChI=1S/C13H10FNO3/c1-18-12-3-2-8(6-11(12)14)10-7-15-5-4-9(10)13(16)17/h2-7H,1H3,(H,16,17). The molecule has 1 aromatic carbocycles. The molecule has 2 rings (SSSR count). The van der Waals surface area contributed by atoms with Crippen LogP contribution in [0.15, 0.2) is 36.7 Å². The van der Waals surface area contributed by atoms with Crippen molar-refractivity contribution in [2.45, 2.75) is 0 Å². The summed E-state index contributed by atoms with van der Waals surface area (Å²) in [6, 6.07) is 5.64. The van der Waals surface area contributed by atoms with Gasteiger partial charge in [-0.25, -0.2) is 9.18 Å². The van der Waals surface area contributed by atoms with Crippen LogP contribution in [0.25, 0.3) is 11.1 Å². The second kappa shape index (κ2) is 4.83. The van der Waals surface area contributed by atoms with Crippen LogP contribution >= 0.6 is 0 Å². The third-order valence-electron chi connectivity index (χ3n) is 2.51. The molecule has 0 radical (unpaired) electrons. The van der Waals surface area contributed by atoms with Crippen molar-refractivity contribution in [3.8, 4) is 16.9 Å². The van der Waals surface area contributed by atoms with E-state index in [1.165, 1.54) is 37.7 Å². The molecule has 0 saturated heterocycles. The Morgan fingerprint density at radius 1 is 1.39 bits per heavy atom. The molecule has 0 bridgehead atoms. The van der Waals surface area contributed by atoms with Gasteiger partial charge in [0.15, 0.2) is 11.6 Å². The monoisotopic (exact) mass is 247 g/mol. The first kappa shape index (κ1) is 12.0. The number of halogens is 1. The average molecular weight is 247 g/mol.